The van der Waals surface area contributed by atoms with Gasteiger partial charge in [0.15, 0.2) is 17.7 Å². The molecule has 222 valence electrons. The summed E-state index contributed by atoms with van der Waals surface area (Å²) in [6, 6.07) is 2.06. The molecule has 0 radical (unpaired) electrons. The molecule has 2 fully saturated rings. The molecule has 1 saturated carbocycles. The number of aliphatic hydroxyl groups is 2. The lowest BCUT2D eigenvalue weighted by molar-refractivity contribution is -0.152. The molecule has 3 aromatic heterocycles. The number of anilines is 1. The van der Waals surface area contributed by atoms with Crippen LogP contribution in [0.4, 0.5) is 5.82 Å². The van der Waals surface area contributed by atoms with Gasteiger partial charge in [0.25, 0.3) is 0 Å². The summed E-state index contributed by atoms with van der Waals surface area (Å²) in [5.74, 6) is -0.328. The Bertz CT molecular complexity index is 1390. The highest BCUT2D eigenvalue weighted by molar-refractivity contribution is 7.52. The van der Waals surface area contributed by atoms with E-state index in [1.165, 1.54) is 49.5 Å². The molecule has 0 aromatic carbocycles. The first kappa shape index (κ1) is 29.3. The van der Waals surface area contributed by atoms with Crippen molar-refractivity contribution in [1.82, 2.24) is 29.6 Å². The van der Waals surface area contributed by atoms with Crippen LogP contribution in [0.15, 0.2) is 37.2 Å². The largest absolute Gasteiger partial charge is 0.461 e. The van der Waals surface area contributed by atoms with Gasteiger partial charge in [-0.25, -0.2) is 19.5 Å². The second kappa shape index (κ2) is 12.3. The van der Waals surface area contributed by atoms with Crippen LogP contribution in [0, 0.1) is 0 Å². The third-order valence-corrected chi connectivity index (χ3v) is 8.87. The fourth-order valence-corrected chi connectivity index (χ4v) is 6.68. The van der Waals surface area contributed by atoms with Crippen molar-refractivity contribution in [2.45, 2.75) is 88.7 Å². The Kier molecular flexibility index (Phi) is 8.82. The minimum Gasteiger partial charge on any atom is -0.461 e. The summed E-state index contributed by atoms with van der Waals surface area (Å²) < 4.78 is 38.6. The van der Waals surface area contributed by atoms with E-state index in [4.69, 9.17) is 24.3 Å². The molecule has 3 aromatic rings. The lowest BCUT2D eigenvalue weighted by Crippen LogP contribution is -2.41. The highest BCUT2D eigenvalue weighted by Gasteiger charge is 2.49. The Labute approximate surface area is 236 Å². The number of pyridine rings is 1. The molecule has 5 N–H and O–H groups in total. The highest BCUT2D eigenvalue weighted by atomic mass is 31.2. The molecule has 4 heterocycles. The van der Waals surface area contributed by atoms with Gasteiger partial charge in [-0.15, -0.1) is 0 Å². The summed E-state index contributed by atoms with van der Waals surface area (Å²) in [4.78, 5) is 29.0. The summed E-state index contributed by atoms with van der Waals surface area (Å²) in [7, 11) is -4.30. The SMILES string of the molecule is CC(NP(=O)(Oc1cccnc1)OC(C)C1OC(n2cnc3c(N)ncnc32)C(O)C1O)C(=O)OC1CCCCC1. The summed E-state index contributed by atoms with van der Waals surface area (Å²) in [6.07, 6.45) is 3.64. The van der Waals surface area contributed by atoms with Crippen molar-refractivity contribution in [3.63, 3.8) is 0 Å². The zero-order valence-electron chi connectivity index (χ0n) is 22.6. The maximum atomic E-state index is 14.0. The second-order valence-corrected chi connectivity index (χ2v) is 11.8. The predicted octanol–water partition coefficient (Wildman–Crippen LogP) is 1.87. The topological polar surface area (TPSA) is 206 Å². The van der Waals surface area contributed by atoms with Crippen LogP contribution >= 0.6 is 7.75 Å². The van der Waals surface area contributed by atoms with Gasteiger partial charge >= 0.3 is 13.7 Å². The van der Waals surface area contributed by atoms with E-state index in [-0.39, 0.29) is 17.7 Å². The fraction of sp³-hybridized carbons (Fsp3) is 0.560. The van der Waals surface area contributed by atoms with Gasteiger partial charge in [-0.1, -0.05) is 6.42 Å². The molecule has 15 nitrogen and oxygen atoms in total. The normalized spacial score (nSPS) is 26.3. The molecule has 41 heavy (non-hydrogen) atoms. The van der Waals surface area contributed by atoms with Gasteiger partial charge in [0.05, 0.1) is 18.6 Å². The van der Waals surface area contributed by atoms with Crippen molar-refractivity contribution >= 4 is 30.7 Å². The molecule has 16 heteroatoms. The molecule has 1 aliphatic carbocycles. The minimum absolute atomic E-state index is 0.122. The van der Waals surface area contributed by atoms with Crippen molar-refractivity contribution in [2.24, 2.45) is 0 Å². The number of carbonyl (C=O) groups excluding carboxylic acids is 1. The molecule has 7 unspecified atom stereocenters. The van der Waals surface area contributed by atoms with E-state index in [1.54, 1.807) is 6.07 Å². The van der Waals surface area contributed by atoms with E-state index >= 15 is 0 Å². The van der Waals surface area contributed by atoms with Crippen molar-refractivity contribution in [3.05, 3.63) is 37.2 Å². The van der Waals surface area contributed by atoms with Crippen molar-refractivity contribution in [3.8, 4) is 5.75 Å². The monoisotopic (exact) mass is 591 g/mol. The van der Waals surface area contributed by atoms with Gasteiger partial charge < -0.3 is 29.9 Å². The number of nitrogens with one attached hydrogen (secondary N) is 1. The van der Waals surface area contributed by atoms with Crippen LogP contribution in [-0.4, -0.2) is 77.2 Å². The molecule has 7 atom stereocenters. The Morgan fingerprint density at radius 2 is 1.98 bits per heavy atom. The van der Waals surface area contributed by atoms with Crippen LogP contribution in [-0.2, 0) is 23.4 Å². The third-order valence-electron chi connectivity index (χ3n) is 7.10. The molecule has 1 aliphatic heterocycles. The maximum Gasteiger partial charge on any atom is 0.459 e. The molecule has 2 aliphatic rings. The minimum atomic E-state index is -4.30. The quantitative estimate of drug-likeness (QED) is 0.196. The van der Waals surface area contributed by atoms with Crippen molar-refractivity contribution < 1.29 is 38.1 Å². The number of nitrogens with zero attached hydrogens (tertiary/aromatic N) is 5. The van der Waals surface area contributed by atoms with Crippen LogP contribution in [0.1, 0.15) is 52.2 Å². The summed E-state index contributed by atoms with van der Waals surface area (Å²) in [5.41, 5.74) is 6.46. The first-order valence-corrected chi connectivity index (χ1v) is 15.0. The summed E-state index contributed by atoms with van der Waals surface area (Å²) >= 11 is 0. The smallest absolute Gasteiger partial charge is 0.459 e. The van der Waals surface area contributed by atoms with Gasteiger partial charge in [-0.2, -0.15) is 5.09 Å². The number of esters is 1. The Hall–Kier alpha value is -3.20. The zero-order valence-corrected chi connectivity index (χ0v) is 23.5. The number of hydrogen-bond donors (Lipinski definition) is 4. The van der Waals surface area contributed by atoms with E-state index in [0.717, 1.165) is 32.1 Å². The highest BCUT2D eigenvalue weighted by Crippen LogP contribution is 2.48. The van der Waals surface area contributed by atoms with Gasteiger partial charge in [0, 0.05) is 6.20 Å². The molecular weight excluding hydrogens is 557 g/mol. The Balaban J connectivity index is 1.32. The first-order chi connectivity index (χ1) is 19.6. The van der Waals surface area contributed by atoms with E-state index < -0.39 is 50.4 Å². The molecule has 0 spiro atoms. The number of carbonyl (C=O) groups is 1. The molecule has 0 bridgehead atoms. The Morgan fingerprint density at radius 3 is 2.71 bits per heavy atom. The molecule has 0 amide bonds. The summed E-state index contributed by atoms with van der Waals surface area (Å²) in [6.45, 7) is 3.00. The average molecular weight is 592 g/mol. The number of nitrogen functional groups attached to an aromatic ring is 1. The Morgan fingerprint density at radius 1 is 1.20 bits per heavy atom. The second-order valence-electron chi connectivity index (χ2n) is 10.2. The number of aliphatic hydroxyl groups excluding tert-OH is 2. The van der Waals surface area contributed by atoms with E-state index in [0.29, 0.717) is 11.2 Å². The summed E-state index contributed by atoms with van der Waals surface area (Å²) in [5, 5.41) is 24.4. The van der Waals surface area contributed by atoms with Crippen LogP contribution in [0.25, 0.3) is 11.2 Å². The lowest BCUT2D eigenvalue weighted by Gasteiger charge is -2.29. The number of aromatic nitrogens is 5. The lowest BCUT2D eigenvalue weighted by atomic mass is 9.98. The standard InChI is InChI=1S/C25H34N7O8P/c1-14(25(35)37-16-7-4-3-5-8-16)31-41(36,40-17-9-6-10-27-11-17)39-15(2)21-19(33)20(34)24(38-21)32-13-30-18-22(26)28-12-29-23(18)32/h6,9-16,19-21,24,33-34H,3-5,7-8H2,1-2H3,(H,31,36)(H2,26,28,29). The van der Waals surface area contributed by atoms with E-state index in [9.17, 15) is 19.6 Å². The number of nitrogens with two attached hydrogens (primary N) is 1. The van der Waals surface area contributed by atoms with Crippen molar-refractivity contribution in [1.29, 1.82) is 0 Å². The molecule has 1 saturated heterocycles. The number of ether oxygens (including phenoxy) is 2. The zero-order chi connectivity index (χ0) is 29.1. The van der Waals surface area contributed by atoms with Crippen LogP contribution < -0.4 is 15.3 Å². The number of fused-ring (bicyclic) bond motifs is 1. The average Bonchev–Trinajstić information content (AvgIpc) is 3.51. The molecular formula is C25H34N7O8P. The van der Waals surface area contributed by atoms with Gasteiger partial charge in [0.2, 0.25) is 0 Å². The third kappa shape index (κ3) is 6.50. The predicted molar refractivity (Wildman–Crippen MR) is 144 cm³/mol. The van der Waals surface area contributed by atoms with Crippen LogP contribution in [0.2, 0.25) is 0 Å². The van der Waals surface area contributed by atoms with Gasteiger partial charge in [-0.3, -0.25) is 18.9 Å². The van der Waals surface area contributed by atoms with Crippen LogP contribution in [0.3, 0.4) is 0 Å². The van der Waals surface area contributed by atoms with Gasteiger partial charge in [0.1, 0.15) is 48.1 Å². The number of imidazole rings is 1. The number of hydrogen-bond acceptors (Lipinski definition) is 13. The fourth-order valence-electron chi connectivity index (χ4n) is 5.00. The number of rotatable bonds is 10. The van der Waals surface area contributed by atoms with Crippen LogP contribution in [0.5, 0.6) is 5.75 Å². The first-order valence-electron chi connectivity index (χ1n) is 13.5. The van der Waals surface area contributed by atoms with Crippen molar-refractivity contribution in [2.75, 3.05) is 5.73 Å². The molecule has 5 rings (SSSR count). The van der Waals surface area contributed by atoms with E-state index in [1.807, 2.05) is 0 Å². The maximum absolute atomic E-state index is 14.0. The van der Waals surface area contributed by atoms with E-state index in [2.05, 4.69) is 25.0 Å². The van der Waals surface area contributed by atoms with Gasteiger partial charge in [-0.05, 0) is 51.7 Å².